The third-order valence-electron chi connectivity index (χ3n) is 5.12. The summed E-state index contributed by atoms with van der Waals surface area (Å²) >= 11 is 0. The molecule has 1 amide bonds. The number of aliphatic hydroxyl groups excluding tert-OH is 1. The number of carbonyl (C=O) groups excluding carboxylic acids is 1. The highest BCUT2D eigenvalue weighted by Crippen LogP contribution is 2.26. The minimum absolute atomic E-state index is 0.0242. The van der Waals surface area contributed by atoms with E-state index >= 15 is 0 Å². The summed E-state index contributed by atoms with van der Waals surface area (Å²) in [5.41, 5.74) is 1.11. The number of nitrogens with one attached hydrogen (secondary N) is 2. The molecule has 2 fully saturated rings. The Bertz CT molecular complexity index is 743. The van der Waals surface area contributed by atoms with Crippen LogP contribution in [0.15, 0.2) is 23.1 Å². The lowest BCUT2D eigenvalue weighted by Crippen LogP contribution is -2.43. The molecule has 0 spiro atoms. The molecule has 0 aromatic heterocycles. The first-order valence-corrected chi connectivity index (χ1v) is 10.4. The zero-order chi connectivity index (χ0) is 18.0. The molecule has 2 saturated carbocycles. The van der Waals surface area contributed by atoms with Crippen molar-refractivity contribution in [3.05, 3.63) is 29.3 Å². The van der Waals surface area contributed by atoms with Crippen molar-refractivity contribution in [2.24, 2.45) is 5.92 Å². The Morgan fingerprint density at radius 3 is 2.60 bits per heavy atom. The van der Waals surface area contributed by atoms with Gasteiger partial charge in [-0.05, 0) is 50.3 Å². The summed E-state index contributed by atoms with van der Waals surface area (Å²) in [7, 11) is -3.59. The molecule has 7 heteroatoms. The lowest BCUT2D eigenvalue weighted by atomic mass is 9.85. The van der Waals surface area contributed by atoms with Gasteiger partial charge in [0.05, 0.1) is 4.90 Å². The van der Waals surface area contributed by atoms with Crippen LogP contribution < -0.4 is 10.0 Å². The first-order valence-electron chi connectivity index (χ1n) is 8.95. The largest absolute Gasteiger partial charge is 0.396 e. The SMILES string of the molecule is Cc1ccc(S(=O)(=O)NC2CC2)cc1C(=O)NC1CCCCC1CO. The Hall–Kier alpha value is -1.44. The van der Waals surface area contributed by atoms with Gasteiger partial charge in [-0.15, -0.1) is 0 Å². The normalized spacial score (nSPS) is 24.1. The summed E-state index contributed by atoms with van der Waals surface area (Å²) in [6.45, 7) is 1.85. The van der Waals surface area contributed by atoms with E-state index in [0.29, 0.717) is 5.56 Å². The van der Waals surface area contributed by atoms with Gasteiger partial charge >= 0.3 is 0 Å². The maximum Gasteiger partial charge on any atom is 0.251 e. The van der Waals surface area contributed by atoms with E-state index in [1.807, 2.05) is 0 Å². The van der Waals surface area contributed by atoms with Crippen molar-refractivity contribution in [3.8, 4) is 0 Å². The van der Waals surface area contributed by atoms with Crippen LogP contribution in [0.1, 0.15) is 54.4 Å². The van der Waals surface area contributed by atoms with Gasteiger partial charge in [-0.25, -0.2) is 13.1 Å². The minimum Gasteiger partial charge on any atom is -0.396 e. The second kappa shape index (κ2) is 7.43. The van der Waals surface area contributed by atoms with Crippen LogP contribution in [0.4, 0.5) is 0 Å². The predicted molar refractivity (Wildman–Crippen MR) is 94.8 cm³/mol. The van der Waals surface area contributed by atoms with Gasteiger partial charge in [0, 0.05) is 30.2 Å². The number of hydrogen-bond donors (Lipinski definition) is 3. The number of hydrogen-bond acceptors (Lipinski definition) is 4. The van der Waals surface area contributed by atoms with E-state index in [2.05, 4.69) is 10.0 Å². The van der Waals surface area contributed by atoms with Crippen molar-refractivity contribution in [1.29, 1.82) is 0 Å². The maximum absolute atomic E-state index is 12.7. The number of rotatable bonds is 6. The first kappa shape index (κ1) is 18.4. The number of carbonyl (C=O) groups is 1. The zero-order valence-electron chi connectivity index (χ0n) is 14.5. The molecular formula is C18H26N2O4S. The zero-order valence-corrected chi connectivity index (χ0v) is 15.3. The molecule has 0 aliphatic heterocycles. The number of amides is 1. The van der Waals surface area contributed by atoms with Crippen molar-refractivity contribution < 1.29 is 18.3 Å². The lowest BCUT2D eigenvalue weighted by molar-refractivity contribution is 0.0872. The summed E-state index contributed by atoms with van der Waals surface area (Å²) in [6, 6.07) is 4.62. The average Bonchev–Trinajstić information content (AvgIpc) is 3.38. The molecule has 1 aromatic rings. The van der Waals surface area contributed by atoms with Gasteiger partial charge in [0.25, 0.3) is 5.91 Å². The van der Waals surface area contributed by atoms with Crippen molar-refractivity contribution in [3.63, 3.8) is 0 Å². The summed E-state index contributed by atoms with van der Waals surface area (Å²) in [5.74, 6) is -0.201. The summed E-state index contributed by atoms with van der Waals surface area (Å²) in [5, 5.41) is 12.5. The molecule has 0 saturated heterocycles. The Kier molecular flexibility index (Phi) is 5.46. The molecule has 0 heterocycles. The minimum atomic E-state index is -3.59. The number of aryl methyl sites for hydroxylation is 1. The number of benzene rings is 1. The Morgan fingerprint density at radius 2 is 1.92 bits per heavy atom. The van der Waals surface area contributed by atoms with Crippen molar-refractivity contribution in [1.82, 2.24) is 10.0 Å². The van der Waals surface area contributed by atoms with Crippen molar-refractivity contribution >= 4 is 15.9 Å². The van der Waals surface area contributed by atoms with Crippen LogP contribution >= 0.6 is 0 Å². The van der Waals surface area contributed by atoms with Gasteiger partial charge in [-0.2, -0.15) is 0 Å². The fourth-order valence-electron chi connectivity index (χ4n) is 3.36. The average molecular weight is 366 g/mol. The second-order valence-corrected chi connectivity index (χ2v) is 8.89. The van der Waals surface area contributed by atoms with Gasteiger partial charge < -0.3 is 10.4 Å². The van der Waals surface area contributed by atoms with Gasteiger partial charge in [-0.1, -0.05) is 18.9 Å². The third kappa shape index (κ3) is 4.40. The van der Waals surface area contributed by atoms with Crippen LogP contribution in [0.2, 0.25) is 0 Å². The molecule has 6 nitrogen and oxygen atoms in total. The topological polar surface area (TPSA) is 95.5 Å². The van der Waals surface area contributed by atoms with Crippen LogP contribution in [0.5, 0.6) is 0 Å². The van der Waals surface area contributed by atoms with E-state index in [-0.39, 0.29) is 35.4 Å². The quantitative estimate of drug-likeness (QED) is 0.714. The maximum atomic E-state index is 12.7. The molecule has 3 rings (SSSR count). The number of sulfonamides is 1. The fraction of sp³-hybridized carbons (Fsp3) is 0.611. The fourth-order valence-corrected chi connectivity index (χ4v) is 4.69. The van der Waals surface area contributed by atoms with Crippen LogP contribution in [0, 0.1) is 12.8 Å². The summed E-state index contributed by atoms with van der Waals surface area (Å²) < 4.78 is 27.4. The van der Waals surface area contributed by atoms with Gasteiger partial charge in [0.15, 0.2) is 0 Å². The van der Waals surface area contributed by atoms with Crippen molar-refractivity contribution in [2.45, 2.75) is 62.4 Å². The van der Waals surface area contributed by atoms with Crippen LogP contribution in [0.25, 0.3) is 0 Å². The van der Waals surface area contributed by atoms with Gasteiger partial charge in [0.2, 0.25) is 10.0 Å². The first-order chi connectivity index (χ1) is 11.9. The van der Waals surface area contributed by atoms with Crippen LogP contribution in [-0.4, -0.2) is 38.1 Å². The molecule has 2 aliphatic rings. The molecule has 2 aliphatic carbocycles. The Morgan fingerprint density at radius 1 is 1.20 bits per heavy atom. The third-order valence-corrected chi connectivity index (χ3v) is 6.64. The van der Waals surface area contributed by atoms with Gasteiger partial charge in [0.1, 0.15) is 0 Å². The smallest absolute Gasteiger partial charge is 0.251 e. The highest BCUT2D eigenvalue weighted by Gasteiger charge is 2.29. The van der Waals surface area contributed by atoms with Crippen LogP contribution in [0.3, 0.4) is 0 Å². The molecule has 1 aromatic carbocycles. The molecule has 2 unspecified atom stereocenters. The molecule has 25 heavy (non-hydrogen) atoms. The summed E-state index contributed by atoms with van der Waals surface area (Å²) in [6.07, 6.45) is 5.57. The highest BCUT2D eigenvalue weighted by atomic mass is 32.2. The van der Waals surface area contributed by atoms with E-state index in [0.717, 1.165) is 44.1 Å². The second-order valence-electron chi connectivity index (χ2n) is 7.18. The Labute approximate surface area is 149 Å². The molecule has 0 radical (unpaired) electrons. The molecule has 0 bridgehead atoms. The van der Waals surface area contributed by atoms with Gasteiger partial charge in [-0.3, -0.25) is 4.79 Å². The van der Waals surface area contributed by atoms with E-state index in [4.69, 9.17) is 0 Å². The summed E-state index contributed by atoms with van der Waals surface area (Å²) in [4.78, 5) is 12.8. The molecular weight excluding hydrogens is 340 g/mol. The highest BCUT2D eigenvalue weighted by molar-refractivity contribution is 7.89. The standard InChI is InChI=1S/C18H26N2O4S/c1-12-6-9-15(25(23,24)20-14-7-8-14)10-16(12)18(22)19-17-5-3-2-4-13(17)11-21/h6,9-10,13-14,17,20-21H,2-5,7-8,11H2,1H3,(H,19,22). The van der Waals surface area contributed by atoms with E-state index in [1.54, 1.807) is 13.0 Å². The predicted octanol–water partition coefficient (Wildman–Crippen LogP) is 1.72. The van der Waals surface area contributed by atoms with E-state index < -0.39 is 10.0 Å². The van der Waals surface area contributed by atoms with Crippen LogP contribution in [-0.2, 0) is 10.0 Å². The van der Waals surface area contributed by atoms with Crippen molar-refractivity contribution in [2.75, 3.05) is 6.61 Å². The molecule has 3 N–H and O–H groups in total. The monoisotopic (exact) mass is 366 g/mol. The molecule has 2 atom stereocenters. The Balaban J connectivity index is 1.78. The van der Waals surface area contributed by atoms with E-state index in [9.17, 15) is 18.3 Å². The van der Waals surface area contributed by atoms with E-state index in [1.165, 1.54) is 12.1 Å². The number of aliphatic hydroxyl groups is 1. The lowest BCUT2D eigenvalue weighted by Gasteiger charge is -2.31. The molecule has 138 valence electrons.